The van der Waals surface area contributed by atoms with Crippen LogP contribution in [0.25, 0.3) is 17.8 Å². The van der Waals surface area contributed by atoms with Gasteiger partial charge in [0.2, 0.25) is 5.69 Å². The van der Waals surface area contributed by atoms with Gasteiger partial charge < -0.3 is 17.7 Å². The molecule has 4 aromatic rings. The first-order chi connectivity index (χ1) is 13.3. The van der Waals surface area contributed by atoms with Crippen molar-refractivity contribution in [2.75, 3.05) is 5.32 Å². The van der Waals surface area contributed by atoms with E-state index in [1.54, 1.807) is 11.3 Å². The average Bonchev–Trinajstić information content (AvgIpc) is 3.12. The summed E-state index contributed by atoms with van der Waals surface area (Å²) in [6.07, 6.45) is 4.20. The first kappa shape index (κ1) is 20.3. The van der Waals surface area contributed by atoms with E-state index in [4.69, 9.17) is 5.10 Å². The maximum absolute atomic E-state index is 4.77. The topological polar surface area (TPSA) is 28.8 Å². The van der Waals surface area contributed by atoms with Gasteiger partial charge in [-0.15, -0.1) is 0 Å². The van der Waals surface area contributed by atoms with Gasteiger partial charge in [0.1, 0.15) is 0 Å². The van der Waals surface area contributed by atoms with Crippen LogP contribution < -0.4 is 22.4 Å². The maximum atomic E-state index is 4.77. The molecular weight excluding hydrogens is 454 g/mol. The van der Waals surface area contributed by atoms with Gasteiger partial charge in [0, 0.05) is 33.5 Å². The normalized spacial score (nSPS) is 10.6. The Hall–Kier alpha value is -2.47. The fourth-order valence-electron chi connectivity index (χ4n) is 2.60. The van der Waals surface area contributed by atoms with E-state index < -0.39 is 0 Å². The SMILES string of the molecule is Brc1ccc(/C=C/c2sc(Nc3ccccc3)n[n+]2-c2ccccc2)cc1.[Cl-]. The molecule has 140 valence electrons. The molecule has 1 aromatic heterocycles. The summed E-state index contributed by atoms with van der Waals surface area (Å²) in [5.41, 5.74) is 3.20. The second-order valence-electron chi connectivity index (χ2n) is 5.87. The zero-order chi connectivity index (χ0) is 18.5. The second kappa shape index (κ2) is 9.64. The number of aromatic nitrogens is 2. The molecule has 3 aromatic carbocycles. The Morgan fingerprint density at radius 1 is 0.821 bits per heavy atom. The lowest BCUT2D eigenvalue weighted by atomic mass is 10.2. The van der Waals surface area contributed by atoms with Crippen LogP contribution in [0.4, 0.5) is 10.8 Å². The van der Waals surface area contributed by atoms with Crippen molar-refractivity contribution in [3.8, 4) is 5.69 Å². The van der Waals surface area contributed by atoms with Gasteiger partial charge in [-0.2, -0.15) is 0 Å². The molecule has 0 spiro atoms. The fourth-order valence-corrected chi connectivity index (χ4v) is 3.72. The van der Waals surface area contributed by atoms with E-state index in [1.165, 1.54) is 0 Å². The van der Waals surface area contributed by atoms with Crippen molar-refractivity contribution in [3.63, 3.8) is 0 Å². The summed E-state index contributed by atoms with van der Waals surface area (Å²) in [5.74, 6) is 0. The Morgan fingerprint density at radius 2 is 1.46 bits per heavy atom. The molecule has 0 amide bonds. The van der Waals surface area contributed by atoms with Crippen LogP contribution in [0.15, 0.2) is 89.4 Å². The number of benzene rings is 3. The summed E-state index contributed by atoms with van der Waals surface area (Å²) in [5, 5.41) is 10.0. The van der Waals surface area contributed by atoms with Crippen LogP contribution in [0.1, 0.15) is 10.6 Å². The molecule has 1 N–H and O–H groups in total. The van der Waals surface area contributed by atoms with Crippen molar-refractivity contribution in [2.24, 2.45) is 0 Å². The number of para-hydroxylation sites is 2. The van der Waals surface area contributed by atoms with Crippen molar-refractivity contribution in [1.82, 2.24) is 5.10 Å². The summed E-state index contributed by atoms with van der Waals surface area (Å²) in [6, 6.07) is 28.5. The van der Waals surface area contributed by atoms with E-state index in [2.05, 4.69) is 57.7 Å². The van der Waals surface area contributed by atoms with Crippen molar-refractivity contribution in [1.29, 1.82) is 0 Å². The van der Waals surface area contributed by atoms with E-state index in [-0.39, 0.29) is 12.4 Å². The van der Waals surface area contributed by atoms with Crippen LogP contribution in [-0.2, 0) is 0 Å². The Balaban J connectivity index is 0.00000225. The lowest BCUT2D eigenvalue weighted by Crippen LogP contribution is -3.00. The van der Waals surface area contributed by atoms with Gasteiger partial charge in [-0.1, -0.05) is 64.5 Å². The molecule has 0 aliphatic carbocycles. The van der Waals surface area contributed by atoms with Crippen LogP contribution in [0.3, 0.4) is 0 Å². The third kappa shape index (κ3) is 5.07. The number of hydrogen-bond acceptors (Lipinski definition) is 3. The van der Waals surface area contributed by atoms with Gasteiger partial charge in [0.15, 0.2) is 0 Å². The molecule has 3 nitrogen and oxygen atoms in total. The predicted molar refractivity (Wildman–Crippen MR) is 116 cm³/mol. The van der Waals surface area contributed by atoms with Crippen LogP contribution in [-0.4, -0.2) is 5.10 Å². The zero-order valence-electron chi connectivity index (χ0n) is 14.8. The fraction of sp³-hybridized carbons (Fsp3) is 0. The highest BCUT2D eigenvalue weighted by atomic mass is 79.9. The summed E-state index contributed by atoms with van der Waals surface area (Å²) in [6.45, 7) is 0. The molecular formula is C22H17BrClN3S. The van der Waals surface area contributed by atoms with Gasteiger partial charge in [0.25, 0.3) is 10.1 Å². The monoisotopic (exact) mass is 469 g/mol. The molecule has 0 saturated carbocycles. The Kier molecular flexibility index (Phi) is 6.98. The zero-order valence-corrected chi connectivity index (χ0v) is 18.0. The maximum Gasteiger partial charge on any atom is 0.297 e. The number of nitrogens with zero attached hydrogens (tertiary/aromatic N) is 2. The quantitative estimate of drug-likeness (QED) is 0.454. The molecule has 0 bridgehead atoms. The van der Waals surface area contributed by atoms with Crippen molar-refractivity contribution in [2.45, 2.75) is 0 Å². The van der Waals surface area contributed by atoms with Gasteiger partial charge in [-0.25, -0.2) is 0 Å². The molecule has 0 saturated heterocycles. The highest BCUT2D eigenvalue weighted by molar-refractivity contribution is 9.10. The van der Waals surface area contributed by atoms with E-state index in [0.29, 0.717) is 0 Å². The smallest absolute Gasteiger partial charge is 0.297 e. The Morgan fingerprint density at radius 3 is 2.14 bits per heavy atom. The first-order valence-electron chi connectivity index (χ1n) is 8.52. The lowest BCUT2D eigenvalue weighted by Gasteiger charge is -1.97. The molecule has 0 fully saturated rings. The summed E-state index contributed by atoms with van der Waals surface area (Å²) in [7, 11) is 0. The highest BCUT2D eigenvalue weighted by Crippen LogP contribution is 2.22. The van der Waals surface area contributed by atoms with Gasteiger partial charge >= 0.3 is 0 Å². The molecule has 0 aliphatic heterocycles. The van der Waals surface area contributed by atoms with E-state index in [9.17, 15) is 0 Å². The summed E-state index contributed by atoms with van der Waals surface area (Å²) < 4.78 is 3.04. The minimum atomic E-state index is 0. The second-order valence-corrected chi connectivity index (χ2v) is 7.79. The Bertz CT molecular complexity index is 1050. The number of halogens is 2. The molecule has 1 heterocycles. The van der Waals surface area contributed by atoms with Crippen LogP contribution in [0.2, 0.25) is 0 Å². The number of nitrogens with one attached hydrogen (secondary N) is 1. The minimum Gasteiger partial charge on any atom is -1.00 e. The van der Waals surface area contributed by atoms with Crippen molar-refractivity contribution < 1.29 is 17.1 Å². The predicted octanol–water partition coefficient (Wildman–Crippen LogP) is 3.10. The van der Waals surface area contributed by atoms with Crippen molar-refractivity contribution in [3.05, 3.63) is 100.0 Å². The molecule has 6 heteroatoms. The molecule has 4 rings (SSSR count). The minimum absolute atomic E-state index is 0. The molecule has 0 atom stereocenters. The molecule has 28 heavy (non-hydrogen) atoms. The standard InChI is InChI=1S/C22H17BrN3S.ClH/c23-18-14-11-17(12-15-18)13-16-21-26(20-9-5-2-6-10-20)25-22(27-21)24-19-7-3-1-4-8-19;/h1-16H,(H,24,25);1H/q+1;/p-1/b16-13+;. The van der Waals surface area contributed by atoms with Crippen LogP contribution >= 0.6 is 27.3 Å². The first-order valence-corrected chi connectivity index (χ1v) is 10.1. The van der Waals surface area contributed by atoms with Crippen LogP contribution in [0.5, 0.6) is 0 Å². The summed E-state index contributed by atoms with van der Waals surface area (Å²) in [4.78, 5) is 0. The third-order valence-electron chi connectivity index (χ3n) is 3.92. The van der Waals surface area contributed by atoms with Gasteiger partial charge in [0.05, 0.1) is 0 Å². The Labute approximate surface area is 182 Å². The third-order valence-corrected chi connectivity index (χ3v) is 5.34. The molecule has 0 unspecified atom stereocenters. The average molecular weight is 471 g/mol. The van der Waals surface area contributed by atoms with Crippen LogP contribution in [0, 0.1) is 0 Å². The van der Waals surface area contributed by atoms with Crippen molar-refractivity contribution >= 4 is 50.2 Å². The highest BCUT2D eigenvalue weighted by Gasteiger charge is 2.20. The van der Waals surface area contributed by atoms with E-state index >= 15 is 0 Å². The number of rotatable bonds is 5. The largest absolute Gasteiger partial charge is 1.00 e. The summed E-state index contributed by atoms with van der Waals surface area (Å²) >= 11 is 5.09. The van der Waals surface area contributed by atoms with Gasteiger partial charge in [-0.3, -0.25) is 0 Å². The van der Waals surface area contributed by atoms with Gasteiger partial charge in [-0.05, 0) is 51.9 Å². The number of anilines is 2. The lowest BCUT2D eigenvalue weighted by molar-refractivity contribution is -0.654. The molecule has 0 aliphatic rings. The van der Waals surface area contributed by atoms with E-state index in [1.807, 2.05) is 65.3 Å². The number of hydrogen-bond donors (Lipinski definition) is 1. The van der Waals surface area contributed by atoms with E-state index in [0.717, 1.165) is 31.6 Å². The molecule has 0 radical (unpaired) electrons.